The zero-order valence-corrected chi connectivity index (χ0v) is 18.1. The molecule has 0 saturated heterocycles. The number of benzene rings is 4. The molecular weight excluding hydrogens is 407 g/mol. The fourth-order valence-corrected chi connectivity index (χ4v) is 10.2. The molecule has 2 nitrogen and oxygen atoms in total. The molecule has 0 aliphatic carbocycles. The van der Waals surface area contributed by atoms with Crippen LogP contribution in [0.1, 0.15) is 5.82 Å². The Morgan fingerprint density at radius 2 is 1.03 bits per heavy atom. The van der Waals surface area contributed by atoms with Crippen molar-refractivity contribution in [2.75, 3.05) is 0 Å². The molecule has 148 valence electrons. The summed E-state index contributed by atoms with van der Waals surface area (Å²) in [6, 6.07) is 39.6. The van der Waals surface area contributed by atoms with E-state index in [1.165, 1.54) is 0 Å². The standard InChI is InChI=1S/C26H22ClN2P/c27-30(21-12-4-1-5-13-21,22-14-6-2-7-15-22,23-16-8-3-9-17-23)20-26-28-24-18-10-11-19-25(24)29-26/h1-19H,20H2,(H,28,29). The van der Waals surface area contributed by atoms with E-state index < -0.39 is 5.96 Å². The van der Waals surface area contributed by atoms with Crippen LogP contribution in [-0.2, 0) is 6.16 Å². The van der Waals surface area contributed by atoms with Gasteiger partial charge in [-0.3, -0.25) is 0 Å². The molecule has 0 aliphatic heterocycles. The fourth-order valence-electron chi connectivity index (χ4n) is 4.30. The zero-order valence-electron chi connectivity index (χ0n) is 16.4. The van der Waals surface area contributed by atoms with Crippen LogP contribution in [0.25, 0.3) is 11.0 Å². The van der Waals surface area contributed by atoms with E-state index in [-0.39, 0.29) is 0 Å². The molecule has 5 aromatic rings. The summed E-state index contributed by atoms with van der Waals surface area (Å²) in [5.74, 6) is -2.46. The summed E-state index contributed by atoms with van der Waals surface area (Å²) < 4.78 is 0. The number of hydrogen-bond donors (Lipinski definition) is 1. The third-order valence-corrected chi connectivity index (χ3v) is 12.9. The Balaban J connectivity index is 1.84. The molecule has 0 saturated carbocycles. The van der Waals surface area contributed by atoms with Crippen LogP contribution < -0.4 is 15.9 Å². The Bertz CT molecular complexity index is 1150. The Hall–Kier alpha value is -2.93. The summed E-state index contributed by atoms with van der Waals surface area (Å²) >= 11 is 8.11. The first kappa shape index (κ1) is 19.1. The number of aromatic amines is 1. The van der Waals surface area contributed by atoms with Crippen LogP contribution in [0.2, 0.25) is 0 Å². The number of hydrogen-bond acceptors (Lipinski definition) is 1. The summed E-state index contributed by atoms with van der Waals surface area (Å²) in [5.41, 5.74) is 1.99. The Labute approximate surface area is 181 Å². The maximum atomic E-state index is 8.11. The van der Waals surface area contributed by atoms with Gasteiger partial charge in [-0.1, -0.05) is 0 Å². The van der Waals surface area contributed by atoms with Gasteiger partial charge in [-0.05, 0) is 0 Å². The number of H-pyrrole nitrogens is 1. The Morgan fingerprint density at radius 1 is 0.600 bits per heavy atom. The summed E-state index contributed by atoms with van der Waals surface area (Å²) in [4.78, 5) is 8.43. The van der Waals surface area contributed by atoms with Crippen LogP contribution in [0.15, 0.2) is 115 Å². The van der Waals surface area contributed by atoms with E-state index in [4.69, 9.17) is 16.2 Å². The third kappa shape index (κ3) is 2.96. The molecule has 1 N–H and O–H groups in total. The van der Waals surface area contributed by atoms with Crippen LogP contribution in [-0.4, -0.2) is 9.97 Å². The van der Waals surface area contributed by atoms with Crippen LogP contribution >= 0.6 is 17.2 Å². The van der Waals surface area contributed by atoms with E-state index in [2.05, 4.69) is 83.8 Å². The average molecular weight is 429 g/mol. The molecule has 0 radical (unpaired) electrons. The van der Waals surface area contributed by atoms with Crippen molar-refractivity contribution in [3.63, 3.8) is 0 Å². The molecule has 5 rings (SSSR count). The Kier molecular flexibility index (Phi) is 4.70. The minimum absolute atomic E-state index is 0.611. The molecule has 4 aromatic carbocycles. The second-order valence-electron chi connectivity index (χ2n) is 7.55. The number of halogens is 1. The molecular formula is C26H22ClN2P. The number of para-hydroxylation sites is 2. The van der Waals surface area contributed by atoms with Gasteiger partial charge >= 0.3 is 181 Å². The van der Waals surface area contributed by atoms with Crippen LogP contribution in [0.3, 0.4) is 0 Å². The number of nitrogens with one attached hydrogen (secondary N) is 1. The van der Waals surface area contributed by atoms with Gasteiger partial charge in [-0.15, -0.1) is 0 Å². The quantitative estimate of drug-likeness (QED) is 0.355. The van der Waals surface area contributed by atoms with Gasteiger partial charge in [-0.2, -0.15) is 0 Å². The van der Waals surface area contributed by atoms with Crippen LogP contribution in [0.4, 0.5) is 0 Å². The molecule has 30 heavy (non-hydrogen) atoms. The van der Waals surface area contributed by atoms with Gasteiger partial charge in [-0.25, -0.2) is 0 Å². The number of aromatic nitrogens is 2. The van der Waals surface area contributed by atoms with Crippen molar-refractivity contribution in [1.29, 1.82) is 0 Å². The number of rotatable bonds is 5. The van der Waals surface area contributed by atoms with Crippen molar-refractivity contribution in [3.05, 3.63) is 121 Å². The van der Waals surface area contributed by atoms with Crippen LogP contribution in [0.5, 0.6) is 0 Å². The van der Waals surface area contributed by atoms with Gasteiger partial charge in [0.15, 0.2) is 0 Å². The zero-order chi connectivity index (χ0) is 20.5. The first-order chi connectivity index (χ1) is 14.7. The number of fused-ring (bicyclic) bond motifs is 1. The SMILES string of the molecule is ClP(Cc1nc2ccccc2[nH]1)(c1ccccc1)(c1ccccc1)c1ccccc1. The van der Waals surface area contributed by atoms with Crippen molar-refractivity contribution in [2.24, 2.45) is 0 Å². The van der Waals surface area contributed by atoms with Crippen LogP contribution in [0, 0.1) is 0 Å². The van der Waals surface area contributed by atoms with Crippen molar-refractivity contribution in [1.82, 2.24) is 9.97 Å². The topological polar surface area (TPSA) is 28.7 Å². The predicted molar refractivity (Wildman–Crippen MR) is 131 cm³/mol. The summed E-state index contributed by atoms with van der Waals surface area (Å²) in [6.07, 6.45) is 0.611. The third-order valence-electron chi connectivity index (χ3n) is 5.77. The molecule has 0 unspecified atom stereocenters. The number of imidazole rings is 1. The Morgan fingerprint density at radius 3 is 1.50 bits per heavy atom. The molecule has 0 atom stereocenters. The van der Waals surface area contributed by atoms with Gasteiger partial charge in [0.1, 0.15) is 0 Å². The minimum atomic E-state index is -3.37. The van der Waals surface area contributed by atoms with Crippen molar-refractivity contribution >= 4 is 44.1 Å². The maximum absolute atomic E-state index is 8.11. The van der Waals surface area contributed by atoms with Gasteiger partial charge in [0.2, 0.25) is 0 Å². The summed E-state index contributed by atoms with van der Waals surface area (Å²) in [6.45, 7) is 0. The van der Waals surface area contributed by atoms with E-state index in [1.807, 2.05) is 36.4 Å². The predicted octanol–water partition coefficient (Wildman–Crippen LogP) is 5.75. The van der Waals surface area contributed by atoms with Gasteiger partial charge in [0.05, 0.1) is 0 Å². The second-order valence-corrected chi connectivity index (χ2v) is 14.0. The van der Waals surface area contributed by atoms with Crippen molar-refractivity contribution in [2.45, 2.75) is 6.16 Å². The first-order valence-electron chi connectivity index (χ1n) is 10.0. The fraction of sp³-hybridized carbons (Fsp3) is 0.0385. The van der Waals surface area contributed by atoms with E-state index in [1.54, 1.807) is 0 Å². The normalized spacial score (nSPS) is 13.0. The van der Waals surface area contributed by atoms with E-state index >= 15 is 0 Å². The van der Waals surface area contributed by atoms with Gasteiger partial charge in [0, 0.05) is 0 Å². The van der Waals surface area contributed by atoms with E-state index in [0.717, 1.165) is 32.8 Å². The van der Waals surface area contributed by atoms with Crippen molar-refractivity contribution < 1.29 is 0 Å². The summed E-state index contributed by atoms with van der Waals surface area (Å²) in [7, 11) is 0. The number of nitrogens with zero attached hydrogens (tertiary/aromatic N) is 1. The van der Waals surface area contributed by atoms with Gasteiger partial charge in [0.25, 0.3) is 0 Å². The molecule has 0 aliphatic rings. The molecule has 0 amide bonds. The average Bonchev–Trinajstić information content (AvgIpc) is 3.23. The summed E-state index contributed by atoms with van der Waals surface area (Å²) in [5, 5.41) is 3.43. The molecule has 1 heterocycles. The molecule has 1 aromatic heterocycles. The first-order valence-corrected chi connectivity index (χ1v) is 13.3. The molecule has 0 bridgehead atoms. The second kappa shape index (κ2) is 7.40. The van der Waals surface area contributed by atoms with E-state index in [0.29, 0.717) is 6.16 Å². The van der Waals surface area contributed by atoms with Crippen molar-refractivity contribution in [3.8, 4) is 0 Å². The van der Waals surface area contributed by atoms with E-state index in [9.17, 15) is 0 Å². The molecule has 0 spiro atoms. The van der Waals surface area contributed by atoms with Gasteiger partial charge < -0.3 is 0 Å². The monoisotopic (exact) mass is 428 g/mol. The molecule has 4 heteroatoms. The molecule has 0 fully saturated rings.